The van der Waals surface area contributed by atoms with E-state index >= 15 is 0 Å². The fourth-order valence-corrected chi connectivity index (χ4v) is 2.24. The number of likely N-dealkylation sites (tertiary alicyclic amines) is 1. The molecular formula is C9H12ClNO3. The molecule has 2 atom stereocenters. The summed E-state index contributed by atoms with van der Waals surface area (Å²) in [6.45, 7) is 0.383. The van der Waals surface area contributed by atoms with Crippen molar-refractivity contribution in [3.05, 3.63) is 0 Å². The quantitative estimate of drug-likeness (QED) is 0.708. The van der Waals surface area contributed by atoms with Crippen molar-refractivity contribution >= 4 is 23.5 Å². The van der Waals surface area contributed by atoms with Crippen molar-refractivity contribution in [2.75, 3.05) is 6.54 Å². The van der Waals surface area contributed by atoms with Crippen molar-refractivity contribution in [3.63, 3.8) is 0 Å². The first kappa shape index (κ1) is 9.77. The largest absolute Gasteiger partial charge is 0.480 e. The van der Waals surface area contributed by atoms with E-state index in [0.717, 1.165) is 12.8 Å². The highest BCUT2D eigenvalue weighted by Crippen LogP contribution is 2.37. The second-order valence-corrected chi connectivity index (χ2v) is 4.59. The van der Waals surface area contributed by atoms with Crippen molar-refractivity contribution < 1.29 is 14.7 Å². The van der Waals surface area contributed by atoms with Gasteiger partial charge in [-0.1, -0.05) is 0 Å². The standard InChI is InChI=1S/C9H12ClNO3/c10-6-3-7(12)11(4-6)8(9(13)14)5-1-2-5/h5-6,8H,1-4H2,(H,13,14)/t6?,8-/m0/s1. The number of amides is 1. The van der Waals surface area contributed by atoms with Gasteiger partial charge in [-0.3, -0.25) is 4.79 Å². The number of carboxylic acid groups (broad SMARTS) is 1. The van der Waals surface area contributed by atoms with Gasteiger partial charge < -0.3 is 10.0 Å². The number of nitrogens with zero attached hydrogens (tertiary/aromatic N) is 1. The van der Waals surface area contributed by atoms with Crippen LogP contribution in [0.5, 0.6) is 0 Å². The Kier molecular flexibility index (Phi) is 2.39. The Morgan fingerprint density at radius 3 is 2.57 bits per heavy atom. The van der Waals surface area contributed by atoms with E-state index < -0.39 is 12.0 Å². The van der Waals surface area contributed by atoms with Crippen LogP contribution in [0.4, 0.5) is 0 Å². The smallest absolute Gasteiger partial charge is 0.326 e. The van der Waals surface area contributed by atoms with E-state index in [1.165, 1.54) is 4.90 Å². The summed E-state index contributed by atoms with van der Waals surface area (Å²) in [5.74, 6) is -0.866. The lowest BCUT2D eigenvalue weighted by atomic mass is 10.1. The van der Waals surface area contributed by atoms with Gasteiger partial charge in [0.1, 0.15) is 6.04 Å². The minimum absolute atomic E-state index is 0.121. The molecule has 1 aliphatic carbocycles. The van der Waals surface area contributed by atoms with Gasteiger partial charge in [-0.05, 0) is 18.8 Å². The Balaban J connectivity index is 2.10. The molecule has 14 heavy (non-hydrogen) atoms. The van der Waals surface area contributed by atoms with Gasteiger partial charge in [0.05, 0.1) is 5.38 Å². The number of hydrogen-bond donors (Lipinski definition) is 1. The summed E-state index contributed by atoms with van der Waals surface area (Å²) >= 11 is 5.82. The third kappa shape index (κ3) is 1.71. The predicted molar refractivity (Wildman–Crippen MR) is 50.1 cm³/mol. The molecule has 0 bridgehead atoms. The molecule has 0 aromatic rings. The van der Waals surface area contributed by atoms with Gasteiger partial charge in [-0.25, -0.2) is 4.79 Å². The average molecular weight is 218 g/mol. The topological polar surface area (TPSA) is 57.6 Å². The highest BCUT2D eigenvalue weighted by molar-refractivity contribution is 6.22. The normalized spacial score (nSPS) is 29.4. The Hall–Kier alpha value is -0.770. The summed E-state index contributed by atoms with van der Waals surface area (Å²) < 4.78 is 0. The molecule has 1 unspecified atom stereocenters. The lowest BCUT2D eigenvalue weighted by Gasteiger charge is -2.23. The lowest BCUT2D eigenvalue weighted by Crippen LogP contribution is -2.43. The van der Waals surface area contributed by atoms with Crippen LogP contribution in [-0.2, 0) is 9.59 Å². The Morgan fingerprint density at radius 2 is 2.21 bits per heavy atom. The lowest BCUT2D eigenvalue weighted by molar-refractivity contribution is -0.149. The van der Waals surface area contributed by atoms with Gasteiger partial charge in [-0.15, -0.1) is 11.6 Å². The van der Waals surface area contributed by atoms with E-state index in [1.54, 1.807) is 0 Å². The number of carbonyl (C=O) groups excluding carboxylic acids is 1. The zero-order chi connectivity index (χ0) is 10.3. The Bertz CT molecular complexity index is 277. The molecule has 1 amide bonds. The van der Waals surface area contributed by atoms with Crippen molar-refractivity contribution in [1.29, 1.82) is 0 Å². The molecule has 0 radical (unpaired) electrons. The van der Waals surface area contributed by atoms with Gasteiger partial charge in [0, 0.05) is 13.0 Å². The molecule has 1 saturated carbocycles. The maximum Gasteiger partial charge on any atom is 0.326 e. The van der Waals surface area contributed by atoms with Gasteiger partial charge in [0.15, 0.2) is 0 Å². The van der Waals surface area contributed by atoms with Crippen LogP contribution in [-0.4, -0.2) is 39.8 Å². The van der Waals surface area contributed by atoms with E-state index in [-0.39, 0.29) is 23.6 Å². The van der Waals surface area contributed by atoms with Crippen LogP contribution in [0.25, 0.3) is 0 Å². The summed E-state index contributed by atoms with van der Waals surface area (Å²) in [4.78, 5) is 23.9. The average Bonchev–Trinajstić information content (AvgIpc) is 2.81. The molecular weight excluding hydrogens is 206 g/mol. The van der Waals surface area contributed by atoms with Crippen molar-refractivity contribution in [2.24, 2.45) is 5.92 Å². The number of alkyl halides is 1. The van der Waals surface area contributed by atoms with Gasteiger partial charge >= 0.3 is 5.97 Å². The summed E-state index contributed by atoms with van der Waals surface area (Å²) in [5.41, 5.74) is 0. The summed E-state index contributed by atoms with van der Waals surface area (Å²) in [5, 5.41) is 8.79. The maximum absolute atomic E-state index is 11.4. The van der Waals surface area contributed by atoms with Crippen LogP contribution < -0.4 is 0 Å². The predicted octanol–water partition coefficient (Wildman–Crippen LogP) is 0.689. The molecule has 0 aromatic heterocycles. The fraction of sp³-hybridized carbons (Fsp3) is 0.778. The zero-order valence-corrected chi connectivity index (χ0v) is 8.41. The van der Waals surface area contributed by atoms with Crippen LogP contribution in [0.3, 0.4) is 0 Å². The number of halogens is 1. The SMILES string of the molecule is O=C(O)[C@H](C1CC1)N1CC(Cl)CC1=O. The van der Waals surface area contributed by atoms with Crippen LogP contribution in [0.15, 0.2) is 0 Å². The molecule has 1 saturated heterocycles. The molecule has 1 aliphatic heterocycles. The van der Waals surface area contributed by atoms with Crippen molar-refractivity contribution in [1.82, 2.24) is 4.90 Å². The van der Waals surface area contributed by atoms with Crippen molar-refractivity contribution in [2.45, 2.75) is 30.7 Å². The Morgan fingerprint density at radius 1 is 1.57 bits per heavy atom. The van der Waals surface area contributed by atoms with Crippen molar-refractivity contribution in [3.8, 4) is 0 Å². The van der Waals surface area contributed by atoms with Gasteiger partial charge in [0.25, 0.3) is 0 Å². The van der Waals surface area contributed by atoms with Crippen LogP contribution >= 0.6 is 11.6 Å². The minimum atomic E-state index is -0.897. The first-order valence-electron chi connectivity index (χ1n) is 4.76. The highest BCUT2D eigenvalue weighted by atomic mass is 35.5. The maximum atomic E-state index is 11.4. The third-order valence-corrected chi connectivity index (χ3v) is 3.06. The molecule has 1 N–H and O–H groups in total. The zero-order valence-electron chi connectivity index (χ0n) is 7.65. The first-order chi connectivity index (χ1) is 6.59. The van der Waals surface area contributed by atoms with Gasteiger partial charge in [0.2, 0.25) is 5.91 Å². The van der Waals surface area contributed by atoms with Gasteiger partial charge in [-0.2, -0.15) is 0 Å². The summed E-state index contributed by atoms with van der Waals surface area (Å²) in [6.07, 6.45) is 2.10. The molecule has 78 valence electrons. The second kappa shape index (κ2) is 3.42. The first-order valence-corrected chi connectivity index (χ1v) is 5.19. The molecule has 0 aromatic carbocycles. The molecule has 2 fully saturated rings. The second-order valence-electron chi connectivity index (χ2n) is 3.97. The molecule has 0 spiro atoms. The monoisotopic (exact) mass is 217 g/mol. The Labute approximate surface area is 86.8 Å². The van der Waals surface area contributed by atoms with E-state index in [2.05, 4.69) is 0 Å². The number of aliphatic carboxylic acids is 1. The summed E-state index contributed by atoms with van der Waals surface area (Å²) in [7, 11) is 0. The molecule has 1 heterocycles. The van der Waals surface area contributed by atoms with Crippen LogP contribution in [0, 0.1) is 5.92 Å². The molecule has 4 nitrogen and oxygen atoms in total. The van der Waals surface area contributed by atoms with Crippen LogP contribution in [0.2, 0.25) is 0 Å². The molecule has 2 aliphatic rings. The number of hydrogen-bond acceptors (Lipinski definition) is 2. The number of rotatable bonds is 3. The molecule has 2 rings (SSSR count). The van der Waals surface area contributed by atoms with E-state index in [0.29, 0.717) is 6.54 Å². The third-order valence-electron chi connectivity index (χ3n) is 2.77. The highest BCUT2D eigenvalue weighted by Gasteiger charge is 2.45. The summed E-state index contributed by atoms with van der Waals surface area (Å²) in [6, 6.07) is -0.633. The number of carboxylic acids is 1. The number of carbonyl (C=O) groups is 2. The minimum Gasteiger partial charge on any atom is -0.480 e. The van der Waals surface area contributed by atoms with Crippen LogP contribution in [0.1, 0.15) is 19.3 Å². The fourth-order valence-electron chi connectivity index (χ4n) is 1.96. The van der Waals surface area contributed by atoms with E-state index in [4.69, 9.17) is 16.7 Å². The molecule has 5 heteroatoms. The van der Waals surface area contributed by atoms with E-state index in [9.17, 15) is 9.59 Å². The van der Waals surface area contributed by atoms with E-state index in [1.807, 2.05) is 0 Å².